The van der Waals surface area contributed by atoms with Gasteiger partial charge in [-0.15, -0.1) is 0 Å². The van der Waals surface area contributed by atoms with Crippen molar-refractivity contribution >= 4 is 11.9 Å². The number of aliphatic hydroxyl groups is 1. The highest BCUT2D eigenvalue weighted by Gasteiger charge is 2.27. The van der Waals surface area contributed by atoms with Crippen molar-refractivity contribution < 1.29 is 14.7 Å². The molecule has 0 bridgehead atoms. The number of hydrogen-bond acceptors (Lipinski definition) is 4. The summed E-state index contributed by atoms with van der Waals surface area (Å²) in [6.07, 6.45) is 1.08. The monoisotopic (exact) mass is 271 g/mol. The standard InChI is InChI=1S/C13H25N3O3/c1-9(16-7-5-10(17)6-8-16)11(18)14-12(19)15-13(2,3)4/h9-10,17H,5-8H2,1-4H3,(H2,14,15,18,19). The molecule has 6 heteroatoms. The molecule has 0 spiro atoms. The molecule has 1 heterocycles. The van der Waals surface area contributed by atoms with Crippen LogP contribution in [-0.2, 0) is 4.79 Å². The van der Waals surface area contributed by atoms with Gasteiger partial charge in [0.05, 0.1) is 12.1 Å². The lowest BCUT2D eigenvalue weighted by molar-refractivity contribution is -0.125. The molecule has 6 nitrogen and oxygen atoms in total. The van der Waals surface area contributed by atoms with Gasteiger partial charge in [0.25, 0.3) is 0 Å². The largest absolute Gasteiger partial charge is 0.393 e. The number of rotatable bonds is 2. The van der Waals surface area contributed by atoms with E-state index >= 15 is 0 Å². The molecule has 1 rings (SSSR count). The molecule has 0 aromatic carbocycles. The molecule has 0 aromatic rings. The van der Waals surface area contributed by atoms with Crippen LogP contribution in [0.5, 0.6) is 0 Å². The number of urea groups is 1. The van der Waals surface area contributed by atoms with Gasteiger partial charge < -0.3 is 10.4 Å². The maximum Gasteiger partial charge on any atom is 0.321 e. The minimum absolute atomic E-state index is 0.268. The van der Waals surface area contributed by atoms with Crippen LogP contribution in [-0.4, -0.2) is 52.7 Å². The van der Waals surface area contributed by atoms with Crippen LogP contribution in [0.15, 0.2) is 0 Å². The van der Waals surface area contributed by atoms with Crippen LogP contribution in [0.1, 0.15) is 40.5 Å². The first-order chi connectivity index (χ1) is 8.69. The average Bonchev–Trinajstić information content (AvgIpc) is 2.26. The van der Waals surface area contributed by atoms with Crippen molar-refractivity contribution in [3.8, 4) is 0 Å². The van der Waals surface area contributed by atoms with Gasteiger partial charge in [-0.25, -0.2) is 4.79 Å². The number of nitrogens with one attached hydrogen (secondary N) is 2. The van der Waals surface area contributed by atoms with E-state index in [-0.39, 0.29) is 23.6 Å². The van der Waals surface area contributed by atoms with E-state index < -0.39 is 6.03 Å². The third kappa shape index (κ3) is 5.57. The van der Waals surface area contributed by atoms with E-state index in [1.54, 1.807) is 6.92 Å². The Balaban J connectivity index is 2.42. The molecule has 1 aliphatic rings. The number of nitrogens with zero attached hydrogens (tertiary/aromatic N) is 1. The Bertz CT molecular complexity index is 331. The Morgan fingerprint density at radius 1 is 1.26 bits per heavy atom. The molecule has 19 heavy (non-hydrogen) atoms. The van der Waals surface area contributed by atoms with E-state index in [2.05, 4.69) is 10.6 Å². The van der Waals surface area contributed by atoms with Crippen molar-refractivity contribution in [1.29, 1.82) is 0 Å². The van der Waals surface area contributed by atoms with E-state index in [0.29, 0.717) is 25.9 Å². The van der Waals surface area contributed by atoms with Crippen molar-refractivity contribution in [1.82, 2.24) is 15.5 Å². The van der Waals surface area contributed by atoms with Crippen LogP contribution in [0, 0.1) is 0 Å². The van der Waals surface area contributed by atoms with Gasteiger partial charge in [0.2, 0.25) is 5.91 Å². The molecule has 0 saturated carbocycles. The van der Waals surface area contributed by atoms with E-state index in [4.69, 9.17) is 0 Å². The summed E-state index contributed by atoms with van der Waals surface area (Å²) in [4.78, 5) is 25.5. The van der Waals surface area contributed by atoms with Crippen LogP contribution < -0.4 is 10.6 Å². The summed E-state index contributed by atoms with van der Waals surface area (Å²) >= 11 is 0. The molecule has 3 N–H and O–H groups in total. The Labute approximate surface area is 114 Å². The van der Waals surface area contributed by atoms with Crippen molar-refractivity contribution in [3.05, 3.63) is 0 Å². The van der Waals surface area contributed by atoms with Crippen LogP contribution in [0.3, 0.4) is 0 Å². The number of imide groups is 1. The molecule has 0 radical (unpaired) electrons. The third-order valence-corrected chi connectivity index (χ3v) is 3.15. The molecule has 1 atom stereocenters. The maximum atomic E-state index is 11.9. The van der Waals surface area contributed by atoms with Gasteiger partial charge in [0, 0.05) is 18.6 Å². The van der Waals surface area contributed by atoms with Crippen molar-refractivity contribution in [3.63, 3.8) is 0 Å². The number of likely N-dealkylation sites (tertiary alicyclic amines) is 1. The number of piperidine rings is 1. The first-order valence-corrected chi connectivity index (χ1v) is 6.74. The lowest BCUT2D eigenvalue weighted by atomic mass is 10.1. The summed E-state index contributed by atoms with van der Waals surface area (Å²) in [6, 6.07) is -0.834. The lowest BCUT2D eigenvalue weighted by Crippen LogP contribution is -2.54. The summed E-state index contributed by atoms with van der Waals surface area (Å²) < 4.78 is 0. The molecule has 1 saturated heterocycles. The predicted octanol–water partition coefficient (Wildman–Crippen LogP) is 0.456. The molecule has 110 valence electrons. The normalized spacial score (nSPS) is 19.8. The SMILES string of the molecule is CC(C(=O)NC(=O)NC(C)(C)C)N1CCC(O)CC1. The minimum Gasteiger partial charge on any atom is -0.393 e. The van der Waals surface area contributed by atoms with Crippen LogP contribution >= 0.6 is 0 Å². The number of hydrogen-bond donors (Lipinski definition) is 3. The summed E-state index contributed by atoms with van der Waals surface area (Å²) in [5.41, 5.74) is -0.372. The highest BCUT2D eigenvalue weighted by molar-refractivity contribution is 5.97. The Hall–Kier alpha value is -1.14. The smallest absolute Gasteiger partial charge is 0.321 e. The summed E-state index contributed by atoms with van der Waals surface area (Å²) in [5, 5.41) is 14.5. The van der Waals surface area contributed by atoms with Crippen LogP contribution in [0.4, 0.5) is 4.79 Å². The molecule has 3 amide bonds. The van der Waals surface area contributed by atoms with E-state index in [1.807, 2.05) is 25.7 Å². The zero-order chi connectivity index (χ0) is 14.6. The maximum absolute atomic E-state index is 11.9. The summed E-state index contributed by atoms with van der Waals surface area (Å²) in [5.74, 6) is -0.307. The van der Waals surface area contributed by atoms with E-state index in [0.717, 1.165) is 0 Å². The lowest BCUT2D eigenvalue weighted by Gasteiger charge is -2.33. The van der Waals surface area contributed by atoms with Crippen LogP contribution in [0.2, 0.25) is 0 Å². The summed E-state index contributed by atoms with van der Waals surface area (Å²) in [6.45, 7) is 8.69. The van der Waals surface area contributed by atoms with Crippen molar-refractivity contribution in [2.45, 2.75) is 58.2 Å². The van der Waals surface area contributed by atoms with Gasteiger partial charge in [0.1, 0.15) is 0 Å². The Morgan fingerprint density at radius 2 is 1.79 bits per heavy atom. The van der Waals surface area contributed by atoms with Crippen molar-refractivity contribution in [2.24, 2.45) is 0 Å². The topological polar surface area (TPSA) is 81.7 Å². The van der Waals surface area contributed by atoms with Crippen molar-refractivity contribution in [2.75, 3.05) is 13.1 Å². The van der Waals surface area contributed by atoms with Gasteiger partial charge in [-0.05, 0) is 40.5 Å². The second kappa shape index (κ2) is 6.34. The minimum atomic E-state index is -0.471. The van der Waals surface area contributed by atoms with Gasteiger partial charge >= 0.3 is 6.03 Å². The second-order valence-electron chi connectivity index (χ2n) is 6.14. The van der Waals surface area contributed by atoms with Gasteiger partial charge in [-0.3, -0.25) is 15.0 Å². The number of aliphatic hydroxyl groups excluding tert-OH is 1. The van der Waals surface area contributed by atoms with Gasteiger partial charge in [0.15, 0.2) is 0 Å². The van der Waals surface area contributed by atoms with Crippen LogP contribution in [0.25, 0.3) is 0 Å². The average molecular weight is 271 g/mol. The molecule has 0 aliphatic carbocycles. The molecule has 1 fully saturated rings. The third-order valence-electron chi connectivity index (χ3n) is 3.15. The molecule has 0 aromatic heterocycles. The number of carbonyl (C=O) groups excluding carboxylic acids is 2. The summed E-state index contributed by atoms with van der Waals surface area (Å²) in [7, 11) is 0. The second-order valence-corrected chi connectivity index (χ2v) is 6.14. The van der Waals surface area contributed by atoms with E-state index in [1.165, 1.54) is 0 Å². The number of amides is 3. The fourth-order valence-electron chi connectivity index (χ4n) is 2.03. The zero-order valence-corrected chi connectivity index (χ0v) is 12.2. The first-order valence-electron chi connectivity index (χ1n) is 6.74. The highest BCUT2D eigenvalue weighted by atomic mass is 16.3. The molecular weight excluding hydrogens is 246 g/mol. The molecule has 1 aliphatic heterocycles. The zero-order valence-electron chi connectivity index (χ0n) is 12.2. The van der Waals surface area contributed by atoms with E-state index in [9.17, 15) is 14.7 Å². The fraction of sp³-hybridized carbons (Fsp3) is 0.846. The Kier molecular flexibility index (Phi) is 5.31. The molecule has 1 unspecified atom stereocenters. The Morgan fingerprint density at radius 3 is 2.26 bits per heavy atom. The quantitative estimate of drug-likeness (QED) is 0.681. The number of carbonyl (C=O) groups is 2. The predicted molar refractivity (Wildman–Crippen MR) is 72.7 cm³/mol. The van der Waals surface area contributed by atoms with Gasteiger partial charge in [-0.2, -0.15) is 0 Å². The first kappa shape index (κ1) is 15.9. The fourth-order valence-corrected chi connectivity index (χ4v) is 2.03. The molecular formula is C13H25N3O3. The van der Waals surface area contributed by atoms with Gasteiger partial charge in [-0.1, -0.05) is 0 Å². The highest BCUT2D eigenvalue weighted by Crippen LogP contribution is 2.12.